The second kappa shape index (κ2) is 11.5. The molecule has 0 atom stereocenters. The van der Waals surface area contributed by atoms with E-state index in [0.717, 1.165) is 48.0 Å². The summed E-state index contributed by atoms with van der Waals surface area (Å²) in [5, 5.41) is 11.7. The minimum Gasteiger partial charge on any atom is -0.356 e. The Hall–Kier alpha value is -1.16. The number of hydrogen-bond donors (Lipinski definition) is 1. The average molecular weight is 535 g/mol. The van der Waals surface area contributed by atoms with Crippen LogP contribution in [-0.2, 0) is 20.1 Å². The van der Waals surface area contributed by atoms with Gasteiger partial charge in [-0.25, -0.2) is 4.99 Å². The highest BCUT2D eigenvalue weighted by atomic mass is 127. The second-order valence-corrected chi connectivity index (χ2v) is 7.04. The van der Waals surface area contributed by atoms with Crippen LogP contribution in [0.5, 0.6) is 0 Å². The third kappa shape index (κ3) is 6.86. The summed E-state index contributed by atoms with van der Waals surface area (Å²) in [6, 6.07) is 8.37. The first-order valence-electron chi connectivity index (χ1n) is 8.60. The number of aliphatic imine (C=N–C) groups is 1. The predicted molar refractivity (Wildman–Crippen MR) is 121 cm³/mol. The van der Waals surface area contributed by atoms with E-state index in [9.17, 15) is 0 Å². The van der Waals surface area contributed by atoms with Crippen LogP contribution in [0, 0.1) is 6.92 Å². The number of hydrogen-bond acceptors (Lipinski definition) is 3. The van der Waals surface area contributed by atoms with Crippen molar-refractivity contribution in [3.8, 4) is 0 Å². The summed E-state index contributed by atoms with van der Waals surface area (Å²) < 4.78 is 3.06. The van der Waals surface area contributed by atoms with Gasteiger partial charge in [0.1, 0.15) is 12.4 Å². The maximum Gasteiger partial charge on any atom is 0.194 e. The van der Waals surface area contributed by atoms with Crippen molar-refractivity contribution in [1.29, 1.82) is 0 Å². The Bertz CT molecular complexity index is 698. The van der Waals surface area contributed by atoms with Crippen LogP contribution in [0.2, 0.25) is 0 Å². The zero-order chi connectivity index (χ0) is 18.2. The molecule has 0 aliphatic rings. The fourth-order valence-corrected chi connectivity index (χ4v) is 2.63. The summed E-state index contributed by atoms with van der Waals surface area (Å²) in [5.41, 5.74) is 1.24. The number of nitrogens with zero attached hydrogens (tertiary/aromatic N) is 5. The molecule has 1 aromatic heterocycles. The highest BCUT2D eigenvalue weighted by molar-refractivity contribution is 14.0. The third-order valence-corrected chi connectivity index (χ3v) is 4.59. The first-order chi connectivity index (χ1) is 12.0. The number of unbranched alkanes of at least 4 members (excludes halogenated alkanes) is 1. The van der Waals surface area contributed by atoms with E-state index >= 15 is 0 Å². The molecule has 0 saturated heterocycles. The van der Waals surface area contributed by atoms with E-state index in [2.05, 4.69) is 74.6 Å². The highest BCUT2D eigenvalue weighted by Crippen LogP contribution is 2.12. The van der Waals surface area contributed by atoms with Crippen LogP contribution < -0.4 is 5.32 Å². The van der Waals surface area contributed by atoms with Gasteiger partial charge in [0.2, 0.25) is 0 Å². The fraction of sp³-hybridized carbons (Fsp3) is 0.500. The predicted octanol–water partition coefficient (Wildman–Crippen LogP) is 3.88. The fourth-order valence-electron chi connectivity index (χ4n) is 2.36. The van der Waals surface area contributed by atoms with Gasteiger partial charge in [-0.15, -0.1) is 34.2 Å². The van der Waals surface area contributed by atoms with Crippen molar-refractivity contribution < 1.29 is 0 Å². The highest BCUT2D eigenvalue weighted by Gasteiger charge is 2.09. The van der Waals surface area contributed by atoms with Gasteiger partial charge in [-0.2, -0.15) is 0 Å². The lowest BCUT2D eigenvalue weighted by molar-refractivity contribution is 0.472. The molecule has 0 amide bonds. The van der Waals surface area contributed by atoms with E-state index in [4.69, 9.17) is 4.99 Å². The minimum absolute atomic E-state index is 0. The summed E-state index contributed by atoms with van der Waals surface area (Å²) in [5.74, 6) is 2.65. The topological polar surface area (TPSA) is 58.3 Å². The monoisotopic (exact) mass is 534 g/mol. The molecule has 26 heavy (non-hydrogen) atoms. The second-order valence-electron chi connectivity index (χ2n) is 6.13. The molecule has 1 aromatic carbocycles. The van der Waals surface area contributed by atoms with Crippen LogP contribution in [0.15, 0.2) is 33.7 Å². The van der Waals surface area contributed by atoms with E-state index in [1.54, 1.807) is 0 Å². The van der Waals surface area contributed by atoms with Crippen molar-refractivity contribution in [1.82, 2.24) is 25.0 Å². The van der Waals surface area contributed by atoms with Gasteiger partial charge in [0.05, 0.1) is 0 Å². The Kier molecular flexibility index (Phi) is 10.1. The number of nitrogens with one attached hydrogen (secondary N) is 1. The maximum absolute atomic E-state index is 4.75. The van der Waals surface area contributed by atoms with Gasteiger partial charge in [-0.1, -0.05) is 41.4 Å². The zero-order valence-electron chi connectivity index (χ0n) is 15.9. The maximum atomic E-state index is 4.75. The zero-order valence-corrected chi connectivity index (χ0v) is 19.8. The van der Waals surface area contributed by atoms with Gasteiger partial charge in [0.25, 0.3) is 0 Å². The molecule has 1 heterocycles. The molecular formula is C18H28BrIN6. The number of guanidine groups is 1. The molecule has 0 fully saturated rings. The van der Waals surface area contributed by atoms with Crippen molar-refractivity contribution in [2.24, 2.45) is 12.0 Å². The molecule has 6 nitrogen and oxygen atoms in total. The standard InChI is InChI=1S/C18H27BrN6.HI/c1-5-6-11-20-18(21-12-17-23-22-14(2)25(17)4)24(3)13-15-7-9-16(19)10-8-15;/h7-10H,5-6,11-13H2,1-4H3,(H,20,21);1H. The number of aromatic nitrogens is 3. The van der Waals surface area contributed by atoms with Crippen LogP contribution in [0.3, 0.4) is 0 Å². The number of benzene rings is 1. The molecule has 1 N–H and O–H groups in total. The molecule has 0 aliphatic heterocycles. The molecule has 0 saturated carbocycles. The summed E-state index contributed by atoms with van der Waals surface area (Å²) in [6.07, 6.45) is 2.27. The van der Waals surface area contributed by atoms with Crippen molar-refractivity contribution in [2.75, 3.05) is 13.6 Å². The average Bonchev–Trinajstić information content (AvgIpc) is 2.92. The lowest BCUT2D eigenvalue weighted by Crippen LogP contribution is -2.39. The SMILES string of the molecule is CCCCNC(=NCc1nnc(C)n1C)N(C)Cc1ccc(Br)cc1.I. The summed E-state index contributed by atoms with van der Waals surface area (Å²) in [6.45, 7) is 6.35. The number of halogens is 2. The summed E-state index contributed by atoms with van der Waals surface area (Å²) in [4.78, 5) is 6.89. The van der Waals surface area contributed by atoms with Crippen LogP contribution >= 0.6 is 39.9 Å². The Labute approximate surface area is 181 Å². The van der Waals surface area contributed by atoms with Crippen molar-refractivity contribution >= 4 is 45.9 Å². The Morgan fingerprint density at radius 3 is 2.54 bits per heavy atom. The van der Waals surface area contributed by atoms with E-state index in [0.29, 0.717) is 6.54 Å². The van der Waals surface area contributed by atoms with Crippen LogP contribution in [0.1, 0.15) is 37.0 Å². The lowest BCUT2D eigenvalue weighted by atomic mass is 10.2. The quantitative estimate of drug-likeness (QED) is 0.253. The molecular weight excluding hydrogens is 507 g/mol. The lowest BCUT2D eigenvalue weighted by Gasteiger charge is -2.22. The normalized spacial score (nSPS) is 11.2. The molecule has 0 spiro atoms. The molecule has 2 rings (SSSR count). The Morgan fingerprint density at radius 1 is 1.27 bits per heavy atom. The van der Waals surface area contributed by atoms with Crippen LogP contribution in [0.4, 0.5) is 0 Å². The van der Waals surface area contributed by atoms with E-state index < -0.39 is 0 Å². The summed E-state index contributed by atoms with van der Waals surface area (Å²) in [7, 11) is 4.03. The van der Waals surface area contributed by atoms with E-state index in [1.807, 2.05) is 18.5 Å². The van der Waals surface area contributed by atoms with Gasteiger partial charge in [-0.05, 0) is 31.0 Å². The molecule has 2 aromatic rings. The number of rotatable bonds is 7. The van der Waals surface area contributed by atoms with Gasteiger partial charge in [0, 0.05) is 31.7 Å². The molecule has 0 unspecified atom stereocenters. The molecule has 0 bridgehead atoms. The summed E-state index contributed by atoms with van der Waals surface area (Å²) >= 11 is 3.48. The van der Waals surface area contributed by atoms with Gasteiger partial charge in [0.15, 0.2) is 11.8 Å². The van der Waals surface area contributed by atoms with Gasteiger partial charge >= 0.3 is 0 Å². The Morgan fingerprint density at radius 2 is 1.96 bits per heavy atom. The largest absolute Gasteiger partial charge is 0.356 e. The molecule has 0 radical (unpaired) electrons. The molecule has 8 heteroatoms. The first kappa shape index (κ1) is 22.9. The van der Waals surface area contributed by atoms with Crippen molar-refractivity contribution in [2.45, 2.75) is 39.8 Å². The van der Waals surface area contributed by atoms with Crippen molar-refractivity contribution in [3.63, 3.8) is 0 Å². The third-order valence-electron chi connectivity index (χ3n) is 4.06. The van der Waals surface area contributed by atoms with Gasteiger partial charge in [-0.3, -0.25) is 0 Å². The van der Waals surface area contributed by atoms with E-state index in [-0.39, 0.29) is 24.0 Å². The molecule has 144 valence electrons. The van der Waals surface area contributed by atoms with Gasteiger partial charge < -0.3 is 14.8 Å². The Balaban J connectivity index is 0.00000338. The smallest absolute Gasteiger partial charge is 0.194 e. The van der Waals surface area contributed by atoms with E-state index in [1.165, 1.54) is 5.56 Å². The minimum atomic E-state index is 0. The van der Waals surface area contributed by atoms with Crippen molar-refractivity contribution in [3.05, 3.63) is 46.0 Å². The first-order valence-corrected chi connectivity index (χ1v) is 9.39. The number of aryl methyl sites for hydroxylation is 1. The van der Waals surface area contributed by atoms with Crippen LogP contribution in [0.25, 0.3) is 0 Å². The molecule has 0 aliphatic carbocycles. The van der Waals surface area contributed by atoms with Crippen LogP contribution in [-0.4, -0.2) is 39.2 Å².